The Morgan fingerprint density at radius 1 is 1.04 bits per heavy atom. The quantitative estimate of drug-likeness (QED) is 0.639. The van der Waals surface area contributed by atoms with Crippen LogP contribution in [0.15, 0.2) is 24.3 Å². The van der Waals surface area contributed by atoms with E-state index in [1.807, 2.05) is 20.9 Å². The molecule has 1 amide bonds. The average molecular weight is 371 g/mol. The zero-order valence-corrected chi connectivity index (χ0v) is 15.8. The number of anilines is 1. The van der Waals surface area contributed by atoms with Crippen molar-refractivity contribution in [2.45, 2.75) is 13.8 Å². The smallest absolute Gasteiger partial charge is 0.337 e. The van der Waals surface area contributed by atoms with Crippen molar-refractivity contribution in [1.82, 2.24) is 9.78 Å². The van der Waals surface area contributed by atoms with Gasteiger partial charge in [0.1, 0.15) is 0 Å². The van der Waals surface area contributed by atoms with E-state index in [9.17, 15) is 14.4 Å². The lowest BCUT2D eigenvalue weighted by molar-refractivity contribution is -0.111. The van der Waals surface area contributed by atoms with Gasteiger partial charge < -0.3 is 14.8 Å². The molecule has 0 bridgehead atoms. The van der Waals surface area contributed by atoms with Crippen LogP contribution in [0.5, 0.6) is 0 Å². The lowest BCUT2D eigenvalue weighted by Crippen LogP contribution is -2.12. The van der Waals surface area contributed by atoms with Gasteiger partial charge in [-0.25, -0.2) is 9.59 Å². The molecule has 0 saturated carbocycles. The van der Waals surface area contributed by atoms with Gasteiger partial charge in [-0.15, -0.1) is 0 Å². The zero-order valence-electron chi connectivity index (χ0n) is 15.8. The summed E-state index contributed by atoms with van der Waals surface area (Å²) in [6, 6.07) is 4.18. The topological polar surface area (TPSA) is 99.5 Å². The molecule has 1 aromatic carbocycles. The molecule has 27 heavy (non-hydrogen) atoms. The molecule has 0 saturated heterocycles. The molecular weight excluding hydrogens is 350 g/mol. The fraction of sp³-hybridized carbons (Fsp3) is 0.263. The van der Waals surface area contributed by atoms with Crippen LogP contribution in [0.25, 0.3) is 6.08 Å². The molecule has 1 N–H and O–H groups in total. The van der Waals surface area contributed by atoms with Crippen LogP contribution in [0.3, 0.4) is 0 Å². The van der Waals surface area contributed by atoms with Gasteiger partial charge in [-0.2, -0.15) is 5.10 Å². The highest BCUT2D eigenvalue weighted by molar-refractivity contribution is 6.04. The number of hydrogen-bond acceptors (Lipinski definition) is 6. The van der Waals surface area contributed by atoms with Gasteiger partial charge in [-0.3, -0.25) is 9.48 Å². The molecule has 8 heteroatoms. The van der Waals surface area contributed by atoms with E-state index in [4.69, 9.17) is 0 Å². The number of amides is 1. The monoisotopic (exact) mass is 371 g/mol. The number of carbonyl (C=O) groups is 3. The molecular formula is C19H21N3O5. The first kappa shape index (κ1) is 19.9. The minimum atomic E-state index is -0.631. The van der Waals surface area contributed by atoms with Crippen LogP contribution in [0.4, 0.5) is 5.69 Å². The number of rotatable bonds is 5. The fourth-order valence-corrected chi connectivity index (χ4v) is 2.55. The third kappa shape index (κ3) is 4.60. The summed E-state index contributed by atoms with van der Waals surface area (Å²) in [6.45, 7) is 3.76. The molecule has 0 spiro atoms. The molecule has 1 heterocycles. The Labute approximate surface area is 156 Å². The summed E-state index contributed by atoms with van der Waals surface area (Å²) in [7, 11) is 4.28. The van der Waals surface area contributed by atoms with E-state index in [-0.39, 0.29) is 16.8 Å². The fourth-order valence-electron chi connectivity index (χ4n) is 2.55. The first-order valence-corrected chi connectivity index (χ1v) is 8.07. The predicted molar refractivity (Wildman–Crippen MR) is 99.5 cm³/mol. The summed E-state index contributed by atoms with van der Waals surface area (Å²) in [6.07, 6.45) is 3.03. The summed E-state index contributed by atoms with van der Waals surface area (Å²) >= 11 is 0. The summed E-state index contributed by atoms with van der Waals surface area (Å²) < 4.78 is 11.1. The highest BCUT2D eigenvalue weighted by Gasteiger charge is 2.14. The molecule has 0 atom stereocenters. The van der Waals surface area contributed by atoms with Crippen molar-refractivity contribution in [3.8, 4) is 0 Å². The Balaban J connectivity index is 2.27. The highest BCUT2D eigenvalue weighted by atomic mass is 16.5. The lowest BCUT2D eigenvalue weighted by atomic mass is 10.1. The molecule has 142 valence electrons. The Bertz CT molecular complexity index is 893. The Hall–Kier alpha value is -3.42. The molecule has 0 aliphatic heterocycles. The number of ether oxygens (including phenoxy) is 2. The number of nitrogens with one attached hydrogen (secondary N) is 1. The maximum atomic E-state index is 12.3. The lowest BCUT2D eigenvalue weighted by Gasteiger charge is -2.08. The van der Waals surface area contributed by atoms with Crippen LogP contribution < -0.4 is 5.32 Å². The molecule has 0 unspecified atom stereocenters. The van der Waals surface area contributed by atoms with Gasteiger partial charge in [0, 0.05) is 30.1 Å². The minimum absolute atomic E-state index is 0.124. The molecule has 0 aliphatic carbocycles. The largest absolute Gasteiger partial charge is 0.465 e. The summed E-state index contributed by atoms with van der Waals surface area (Å²) in [5, 5.41) is 6.91. The van der Waals surface area contributed by atoms with Crippen LogP contribution in [-0.2, 0) is 21.3 Å². The van der Waals surface area contributed by atoms with Crippen LogP contribution in [0, 0.1) is 13.8 Å². The second-order valence-corrected chi connectivity index (χ2v) is 5.81. The van der Waals surface area contributed by atoms with E-state index in [1.165, 1.54) is 38.5 Å². The maximum absolute atomic E-state index is 12.3. The Kier molecular flexibility index (Phi) is 6.12. The summed E-state index contributed by atoms with van der Waals surface area (Å²) in [5.74, 6) is -1.68. The number of benzene rings is 1. The number of aryl methyl sites for hydroxylation is 2. The Morgan fingerprint density at radius 2 is 1.59 bits per heavy atom. The molecule has 1 aromatic heterocycles. The van der Waals surface area contributed by atoms with Gasteiger partial charge >= 0.3 is 11.9 Å². The normalized spacial score (nSPS) is 10.7. The van der Waals surface area contributed by atoms with Gasteiger partial charge in [0.2, 0.25) is 5.91 Å². The number of aromatic nitrogens is 2. The van der Waals surface area contributed by atoms with Gasteiger partial charge in [-0.05, 0) is 38.1 Å². The van der Waals surface area contributed by atoms with Crippen LogP contribution >= 0.6 is 0 Å². The third-order valence-corrected chi connectivity index (χ3v) is 4.01. The van der Waals surface area contributed by atoms with E-state index in [2.05, 4.69) is 19.9 Å². The van der Waals surface area contributed by atoms with Gasteiger partial charge in [0.15, 0.2) is 0 Å². The third-order valence-electron chi connectivity index (χ3n) is 4.01. The zero-order chi connectivity index (χ0) is 20.1. The second kappa shape index (κ2) is 8.31. The molecule has 2 rings (SSSR count). The van der Waals surface area contributed by atoms with Crippen molar-refractivity contribution < 1.29 is 23.9 Å². The van der Waals surface area contributed by atoms with E-state index in [0.29, 0.717) is 0 Å². The molecule has 8 nitrogen and oxygen atoms in total. The van der Waals surface area contributed by atoms with Crippen molar-refractivity contribution in [1.29, 1.82) is 0 Å². The number of nitrogens with zero attached hydrogens (tertiary/aromatic N) is 2. The number of esters is 2. The molecule has 0 aliphatic rings. The maximum Gasteiger partial charge on any atom is 0.337 e. The van der Waals surface area contributed by atoms with Crippen molar-refractivity contribution >= 4 is 29.6 Å². The standard InChI is InChI=1S/C19H21N3O5/c1-11-16(12(2)22(3)21-11)6-7-17(23)20-15-9-13(18(24)26-4)8-14(10-15)19(25)27-5/h6-10H,1-5H3,(H,20,23)/b7-6-. The minimum Gasteiger partial charge on any atom is -0.465 e. The van der Waals surface area contributed by atoms with Crippen LogP contribution in [0.1, 0.15) is 37.7 Å². The molecule has 0 fully saturated rings. The Morgan fingerprint density at radius 3 is 2.04 bits per heavy atom. The van der Waals surface area contributed by atoms with E-state index < -0.39 is 17.8 Å². The van der Waals surface area contributed by atoms with Crippen molar-refractivity contribution in [2.75, 3.05) is 19.5 Å². The van der Waals surface area contributed by atoms with E-state index in [0.717, 1.165) is 17.0 Å². The summed E-state index contributed by atoms with van der Waals surface area (Å²) in [5.41, 5.74) is 3.10. The first-order valence-electron chi connectivity index (χ1n) is 8.07. The number of hydrogen-bond donors (Lipinski definition) is 1. The average Bonchev–Trinajstić information content (AvgIpc) is 2.89. The van der Waals surface area contributed by atoms with Crippen molar-refractivity contribution in [3.05, 3.63) is 52.4 Å². The second-order valence-electron chi connectivity index (χ2n) is 5.81. The number of methoxy groups -OCH3 is 2. The first-order chi connectivity index (χ1) is 12.8. The number of carbonyl (C=O) groups excluding carboxylic acids is 3. The summed E-state index contributed by atoms with van der Waals surface area (Å²) in [4.78, 5) is 35.8. The van der Waals surface area contributed by atoms with Gasteiger partial charge in [-0.1, -0.05) is 0 Å². The molecule has 0 radical (unpaired) electrons. The van der Waals surface area contributed by atoms with Gasteiger partial charge in [0.05, 0.1) is 31.0 Å². The van der Waals surface area contributed by atoms with E-state index >= 15 is 0 Å². The van der Waals surface area contributed by atoms with E-state index in [1.54, 1.807) is 10.8 Å². The van der Waals surface area contributed by atoms with Crippen LogP contribution in [-0.4, -0.2) is 41.8 Å². The molecule has 2 aromatic rings. The van der Waals surface area contributed by atoms with Gasteiger partial charge in [0.25, 0.3) is 0 Å². The SMILES string of the molecule is COC(=O)c1cc(NC(=O)/C=C\c2c(C)nn(C)c2C)cc(C(=O)OC)c1. The van der Waals surface area contributed by atoms with Crippen molar-refractivity contribution in [2.24, 2.45) is 7.05 Å². The van der Waals surface area contributed by atoms with Crippen LogP contribution in [0.2, 0.25) is 0 Å². The predicted octanol–water partition coefficient (Wildman–Crippen LogP) is 2.26. The van der Waals surface area contributed by atoms with Crippen molar-refractivity contribution in [3.63, 3.8) is 0 Å². The highest BCUT2D eigenvalue weighted by Crippen LogP contribution is 2.18.